The number of benzene rings is 1. The molecule has 1 aromatic carbocycles. The van der Waals surface area contributed by atoms with Gasteiger partial charge in [-0.3, -0.25) is 19.8 Å². The Hall–Kier alpha value is -3.39. The number of hydrogen-bond donors (Lipinski definition) is 1. The normalized spacial score (nSPS) is 11.2. The zero-order valence-corrected chi connectivity index (χ0v) is 18.5. The van der Waals surface area contributed by atoms with E-state index in [1.165, 1.54) is 17.4 Å². The van der Waals surface area contributed by atoms with Crippen LogP contribution in [0, 0.1) is 19.7 Å². The van der Waals surface area contributed by atoms with Crippen molar-refractivity contribution in [2.24, 2.45) is 0 Å². The molecule has 8 heteroatoms. The molecular weight excluding hydrogens is 413 g/mol. The van der Waals surface area contributed by atoms with Crippen molar-refractivity contribution in [3.63, 3.8) is 0 Å². The van der Waals surface area contributed by atoms with Gasteiger partial charge < -0.3 is 0 Å². The van der Waals surface area contributed by atoms with Gasteiger partial charge in [0.15, 0.2) is 5.13 Å². The van der Waals surface area contributed by atoms with Crippen LogP contribution in [0.5, 0.6) is 0 Å². The Bertz CT molecular complexity index is 1240. The summed E-state index contributed by atoms with van der Waals surface area (Å²) < 4.78 is 16.1. The molecule has 3 heterocycles. The molecule has 0 saturated carbocycles. The molecule has 0 saturated heterocycles. The van der Waals surface area contributed by atoms with E-state index in [-0.39, 0.29) is 17.5 Å². The number of pyridine rings is 1. The summed E-state index contributed by atoms with van der Waals surface area (Å²) in [7, 11) is 0. The van der Waals surface area contributed by atoms with E-state index in [9.17, 15) is 9.18 Å². The highest BCUT2D eigenvalue weighted by Gasteiger charge is 2.22. The Labute approximate surface area is 183 Å². The van der Waals surface area contributed by atoms with Crippen LogP contribution >= 0.6 is 11.3 Å². The number of nitrogens with zero attached hydrogens (tertiary/aromatic N) is 4. The lowest BCUT2D eigenvalue weighted by atomic mass is 10.1. The fourth-order valence-electron chi connectivity index (χ4n) is 3.13. The highest BCUT2D eigenvalue weighted by Crippen LogP contribution is 2.31. The molecule has 3 aromatic heterocycles. The monoisotopic (exact) mass is 435 g/mol. The van der Waals surface area contributed by atoms with Gasteiger partial charge in [0.25, 0.3) is 5.91 Å². The second-order valence-corrected chi connectivity index (χ2v) is 8.75. The Morgan fingerprint density at radius 2 is 1.90 bits per heavy atom. The van der Waals surface area contributed by atoms with E-state index < -0.39 is 5.82 Å². The van der Waals surface area contributed by atoms with Crippen LogP contribution in [0.15, 0.2) is 48.8 Å². The number of amides is 1. The van der Waals surface area contributed by atoms with Gasteiger partial charge in [-0.25, -0.2) is 9.37 Å². The van der Waals surface area contributed by atoms with Crippen LogP contribution in [-0.2, 0) is 0 Å². The summed E-state index contributed by atoms with van der Waals surface area (Å²) in [6.45, 7) is 7.81. The molecule has 4 aromatic rings. The molecule has 0 unspecified atom stereocenters. The number of halogens is 1. The lowest BCUT2D eigenvalue weighted by molar-refractivity contribution is 0.102. The number of nitrogens with one attached hydrogen (secondary N) is 1. The average Bonchev–Trinajstić information content (AvgIpc) is 3.33. The summed E-state index contributed by atoms with van der Waals surface area (Å²) in [4.78, 5) is 23.0. The van der Waals surface area contributed by atoms with E-state index in [2.05, 4.69) is 20.4 Å². The van der Waals surface area contributed by atoms with Crippen molar-refractivity contribution in [3.05, 3.63) is 70.6 Å². The predicted octanol–water partition coefficient (Wildman–Crippen LogP) is 5.66. The Morgan fingerprint density at radius 3 is 2.58 bits per heavy atom. The van der Waals surface area contributed by atoms with Crippen molar-refractivity contribution in [3.8, 4) is 22.6 Å². The third kappa shape index (κ3) is 4.25. The van der Waals surface area contributed by atoms with Crippen LogP contribution in [-0.4, -0.2) is 25.7 Å². The van der Waals surface area contributed by atoms with Crippen molar-refractivity contribution in [1.29, 1.82) is 0 Å². The van der Waals surface area contributed by atoms with Crippen LogP contribution in [0.1, 0.15) is 40.7 Å². The van der Waals surface area contributed by atoms with Gasteiger partial charge in [-0.05, 0) is 51.5 Å². The molecule has 1 amide bonds. The Morgan fingerprint density at radius 1 is 1.13 bits per heavy atom. The summed E-state index contributed by atoms with van der Waals surface area (Å²) >= 11 is 1.37. The van der Waals surface area contributed by atoms with E-state index >= 15 is 0 Å². The second kappa shape index (κ2) is 8.39. The van der Waals surface area contributed by atoms with Crippen molar-refractivity contribution in [1.82, 2.24) is 19.7 Å². The molecule has 0 fully saturated rings. The topological polar surface area (TPSA) is 72.7 Å². The standard InChI is InChI=1S/C23H22FN5OS/c1-13(2)29-12-17(21(28-29)16-7-5-6-8-18(16)24)22(30)27-23-26-20(15(4)31-23)19-10-9-14(3)11-25-19/h5-13H,1-4H3,(H,26,27,30). The summed E-state index contributed by atoms with van der Waals surface area (Å²) in [5, 5.41) is 7.77. The van der Waals surface area contributed by atoms with E-state index in [0.717, 1.165) is 21.8 Å². The first kappa shape index (κ1) is 20.9. The third-order valence-corrected chi connectivity index (χ3v) is 5.69. The molecule has 0 spiro atoms. The number of rotatable bonds is 5. The van der Waals surface area contributed by atoms with Crippen molar-refractivity contribution in [2.45, 2.75) is 33.7 Å². The Balaban J connectivity index is 1.67. The first-order valence-corrected chi connectivity index (χ1v) is 10.7. The Kier molecular flexibility index (Phi) is 5.65. The quantitative estimate of drug-likeness (QED) is 0.439. The van der Waals surface area contributed by atoms with Crippen molar-refractivity contribution >= 4 is 22.4 Å². The van der Waals surface area contributed by atoms with Crippen LogP contribution in [0.4, 0.5) is 9.52 Å². The van der Waals surface area contributed by atoms with Crippen LogP contribution in [0.3, 0.4) is 0 Å². The van der Waals surface area contributed by atoms with E-state index in [1.807, 2.05) is 39.8 Å². The molecule has 0 atom stereocenters. The molecule has 4 rings (SSSR count). The summed E-state index contributed by atoms with van der Waals surface area (Å²) in [6, 6.07) is 10.2. The maximum atomic E-state index is 14.4. The summed E-state index contributed by atoms with van der Waals surface area (Å²) in [5.41, 5.74) is 3.42. The third-order valence-electron chi connectivity index (χ3n) is 4.81. The maximum Gasteiger partial charge on any atom is 0.261 e. The zero-order chi connectivity index (χ0) is 22.1. The summed E-state index contributed by atoms with van der Waals surface area (Å²) in [5.74, 6) is -0.814. The van der Waals surface area contributed by atoms with Gasteiger partial charge in [-0.1, -0.05) is 18.2 Å². The van der Waals surface area contributed by atoms with Gasteiger partial charge in [0, 0.05) is 28.9 Å². The molecular formula is C23H22FN5OS. The predicted molar refractivity (Wildman–Crippen MR) is 121 cm³/mol. The number of aryl methyl sites for hydroxylation is 2. The molecule has 0 radical (unpaired) electrons. The minimum atomic E-state index is -0.427. The molecule has 158 valence electrons. The number of carbonyl (C=O) groups excluding carboxylic acids is 1. The van der Waals surface area contributed by atoms with Crippen LogP contribution in [0.2, 0.25) is 0 Å². The van der Waals surface area contributed by atoms with Gasteiger partial charge in [-0.15, -0.1) is 11.3 Å². The molecule has 31 heavy (non-hydrogen) atoms. The number of hydrogen-bond acceptors (Lipinski definition) is 5. The largest absolute Gasteiger partial charge is 0.298 e. The number of thiazole rings is 1. The minimum absolute atomic E-state index is 0.0217. The van der Waals surface area contributed by atoms with Gasteiger partial charge in [0.2, 0.25) is 0 Å². The second-order valence-electron chi connectivity index (χ2n) is 7.54. The van der Waals surface area contributed by atoms with Crippen LogP contribution in [0.25, 0.3) is 22.6 Å². The SMILES string of the molecule is Cc1ccc(-c2nc(NC(=O)c3cn(C(C)C)nc3-c3ccccc3F)sc2C)nc1. The first-order valence-electron chi connectivity index (χ1n) is 9.89. The zero-order valence-electron chi connectivity index (χ0n) is 17.7. The highest BCUT2D eigenvalue weighted by molar-refractivity contribution is 7.16. The first-order chi connectivity index (χ1) is 14.8. The lowest BCUT2D eigenvalue weighted by Crippen LogP contribution is -2.12. The van der Waals surface area contributed by atoms with Crippen LogP contribution < -0.4 is 5.32 Å². The number of anilines is 1. The number of carbonyl (C=O) groups is 1. The molecule has 0 aliphatic heterocycles. The minimum Gasteiger partial charge on any atom is -0.298 e. The smallest absolute Gasteiger partial charge is 0.261 e. The number of aromatic nitrogens is 4. The van der Waals surface area contributed by atoms with E-state index in [4.69, 9.17) is 0 Å². The maximum absolute atomic E-state index is 14.4. The van der Waals surface area contributed by atoms with E-state index in [1.54, 1.807) is 35.3 Å². The summed E-state index contributed by atoms with van der Waals surface area (Å²) in [6.07, 6.45) is 3.43. The van der Waals surface area contributed by atoms with Gasteiger partial charge in [0.1, 0.15) is 17.2 Å². The average molecular weight is 436 g/mol. The molecule has 0 bridgehead atoms. The van der Waals surface area contributed by atoms with Gasteiger partial charge >= 0.3 is 0 Å². The fourth-order valence-corrected chi connectivity index (χ4v) is 3.95. The van der Waals surface area contributed by atoms with Gasteiger partial charge in [-0.2, -0.15) is 5.10 Å². The van der Waals surface area contributed by atoms with Crippen molar-refractivity contribution in [2.75, 3.05) is 5.32 Å². The highest BCUT2D eigenvalue weighted by atomic mass is 32.1. The fraction of sp³-hybridized carbons (Fsp3) is 0.217. The lowest BCUT2D eigenvalue weighted by Gasteiger charge is -2.04. The van der Waals surface area contributed by atoms with Gasteiger partial charge in [0.05, 0.1) is 11.3 Å². The molecule has 0 aliphatic carbocycles. The molecule has 1 N–H and O–H groups in total. The van der Waals surface area contributed by atoms with Crippen molar-refractivity contribution < 1.29 is 9.18 Å². The molecule has 6 nitrogen and oxygen atoms in total. The van der Waals surface area contributed by atoms with E-state index in [0.29, 0.717) is 16.4 Å². The molecule has 0 aliphatic rings.